The second kappa shape index (κ2) is 4.30. The predicted octanol–water partition coefficient (Wildman–Crippen LogP) is 1.06. The van der Waals surface area contributed by atoms with Crippen LogP contribution in [0.3, 0.4) is 0 Å². The molecule has 0 saturated carbocycles. The number of halogens is 1. The standard InChI is InChI=1S/C8H10IN3/c9-7-3-1-6(2-4-7)5-12-8(10)11/h1-4H,5H2,(H4,10,11,12)/i9-4. The van der Waals surface area contributed by atoms with Crippen molar-refractivity contribution in [1.29, 1.82) is 0 Å². The summed E-state index contributed by atoms with van der Waals surface area (Å²) in [5, 5.41) is 0. The zero-order valence-electron chi connectivity index (χ0n) is 6.50. The highest BCUT2D eigenvalue weighted by atomic mass is 123. The summed E-state index contributed by atoms with van der Waals surface area (Å²) in [6.45, 7) is 0.555. The number of hydrogen-bond acceptors (Lipinski definition) is 1. The fraction of sp³-hybridized carbons (Fsp3) is 0.125. The fourth-order valence-electron chi connectivity index (χ4n) is 0.772. The van der Waals surface area contributed by atoms with Crippen molar-refractivity contribution in [3.05, 3.63) is 33.4 Å². The maximum Gasteiger partial charge on any atom is 0.186 e. The quantitative estimate of drug-likeness (QED) is 0.480. The summed E-state index contributed by atoms with van der Waals surface area (Å²) in [5.41, 5.74) is 11.5. The van der Waals surface area contributed by atoms with Crippen LogP contribution in [0.4, 0.5) is 0 Å². The van der Waals surface area contributed by atoms with Crippen molar-refractivity contribution in [2.45, 2.75) is 6.54 Å². The molecule has 1 aromatic rings. The molecule has 12 heavy (non-hydrogen) atoms. The Morgan fingerprint density at radius 1 is 1.25 bits per heavy atom. The first-order chi connectivity index (χ1) is 5.68. The molecule has 0 amide bonds. The first-order valence-corrected chi connectivity index (χ1v) is 4.56. The molecule has 0 unspecified atom stereocenters. The summed E-state index contributed by atoms with van der Waals surface area (Å²) in [7, 11) is 0. The van der Waals surface area contributed by atoms with E-state index in [1.165, 1.54) is 3.57 Å². The van der Waals surface area contributed by atoms with E-state index in [0.717, 1.165) is 5.56 Å². The Balaban J connectivity index is 2.65. The van der Waals surface area contributed by atoms with E-state index in [4.69, 9.17) is 11.5 Å². The molecule has 64 valence electrons. The molecule has 0 bridgehead atoms. The molecule has 0 spiro atoms. The average Bonchev–Trinajstić information content (AvgIpc) is 2.03. The molecule has 0 fully saturated rings. The minimum absolute atomic E-state index is 0.133. The van der Waals surface area contributed by atoms with Crippen molar-refractivity contribution < 1.29 is 0 Å². The lowest BCUT2D eigenvalue weighted by Crippen LogP contribution is -2.22. The van der Waals surface area contributed by atoms with Crippen molar-refractivity contribution in [3.63, 3.8) is 0 Å². The Kier molecular flexibility index (Phi) is 3.33. The summed E-state index contributed by atoms with van der Waals surface area (Å²) in [6.07, 6.45) is 0. The smallest absolute Gasteiger partial charge is 0.186 e. The van der Waals surface area contributed by atoms with Crippen LogP contribution in [0, 0.1) is 3.57 Å². The Morgan fingerprint density at radius 3 is 2.33 bits per heavy atom. The van der Waals surface area contributed by atoms with E-state index in [-0.39, 0.29) is 5.96 Å². The summed E-state index contributed by atoms with van der Waals surface area (Å²) >= 11 is 2.25. The van der Waals surface area contributed by atoms with Crippen LogP contribution in [0.2, 0.25) is 0 Å². The van der Waals surface area contributed by atoms with E-state index in [1.54, 1.807) is 0 Å². The van der Waals surface area contributed by atoms with Crippen molar-refractivity contribution in [1.82, 2.24) is 0 Å². The molecule has 3 nitrogen and oxygen atoms in total. The molecule has 0 aliphatic rings. The minimum Gasteiger partial charge on any atom is -0.370 e. The van der Waals surface area contributed by atoms with Crippen LogP contribution < -0.4 is 11.5 Å². The van der Waals surface area contributed by atoms with Gasteiger partial charge in [0.25, 0.3) is 0 Å². The second-order valence-corrected chi connectivity index (χ2v) is 3.61. The molecule has 1 rings (SSSR count). The zero-order chi connectivity index (χ0) is 8.97. The van der Waals surface area contributed by atoms with E-state index in [9.17, 15) is 0 Å². The molecule has 4 heteroatoms. The number of benzene rings is 1. The van der Waals surface area contributed by atoms with Crippen LogP contribution in [-0.4, -0.2) is 5.96 Å². The van der Waals surface area contributed by atoms with Crippen molar-refractivity contribution in [2.75, 3.05) is 0 Å². The van der Waals surface area contributed by atoms with Gasteiger partial charge in [-0.2, -0.15) is 0 Å². The normalized spacial score (nSPS) is 9.42. The van der Waals surface area contributed by atoms with Crippen LogP contribution in [0.1, 0.15) is 5.56 Å². The highest BCUT2D eigenvalue weighted by Crippen LogP contribution is 2.07. The number of guanidine groups is 1. The second-order valence-electron chi connectivity index (χ2n) is 2.37. The zero-order valence-corrected chi connectivity index (χ0v) is 8.65. The highest BCUT2D eigenvalue weighted by Gasteiger charge is 1.90. The van der Waals surface area contributed by atoms with Crippen LogP contribution in [0.15, 0.2) is 29.3 Å². The van der Waals surface area contributed by atoms with Gasteiger partial charge in [0.15, 0.2) is 5.96 Å². The number of nitrogens with zero attached hydrogens (tertiary/aromatic N) is 1. The van der Waals surface area contributed by atoms with Gasteiger partial charge in [0, 0.05) is 3.57 Å². The van der Waals surface area contributed by atoms with Crippen LogP contribution in [0.25, 0.3) is 0 Å². The highest BCUT2D eigenvalue weighted by molar-refractivity contribution is 14.1. The van der Waals surface area contributed by atoms with Crippen molar-refractivity contribution in [3.8, 4) is 0 Å². The third kappa shape index (κ3) is 3.08. The van der Waals surface area contributed by atoms with Gasteiger partial charge in [0.1, 0.15) is 0 Å². The van der Waals surface area contributed by atoms with Crippen LogP contribution >= 0.6 is 22.6 Å². The first-order valence-electron chi connectivity index (χ1n) is 3.48. The van der Waals surface area contributed by atoms with Gasteiger partial charge in [-0.3, -0.25) is 0 Å². The number of aliphatic imine (C=N–C) groups is 1. The fourth-order valence-corrected chi connectivity index (χ4v) is 1.13. The van der Waals surface area contributed by atoms with Crippen molar-refractivity contribution >= 4 is 28.6 Å². The molecule has 0 aliphatic carbocycles. The molecule has 0 aliphatic heterocycles. The van der Waals surface area contributed by atoms with Crippen LogP contribution in [-0.2, 0) is 6.54 Å². The van der Waals surface area contributed by atoms with Crippen LogP contribution in [0.5, 0.6) is 0 Å². The van der Waals surface area contributed by atoms with Gasteiger partial charge in [-0.25, -0.2) is 4.99 Å². The Labute approximate surface area is 85.0 Å². The topological polar surface area (TPSA) is 64.4 Å². The Hall–Kier alpha value is -0.780. The lowest BCUT2D eigenvalue weighted by Gasteiger charge is -1.96. The summed E-state index contributed by atoms with van der Waals surface area (Å²) in [6, 6.07) is 8.07. The third-order valence-corrected chi connectivity index (χ3v) is 2.08. The number of hydrogen-bond donors (Lipinski definition) is 2. The van der Waals surface area contributed by atoms with Gasteiger partial charge < -0.3 is 11.5 Å². The van der Waals surface area contributed by atoms with Gasteiger partial charge in [-0.15, -0.1) is 0 Å². The molecule has 0 radical (unpaired) electrons. The van der Waals surface area contributed by atoms with Gasteiger partial charge in [-0.1, -0.05) is 12.1 Å². The maximum atomic E-state index is 5.20. The molecule has 1 aromatic carbocycles. The molecule has 0 aromatic heterocycles. The molecule has 4 N–H and O–H groups in total. The SMILES string of the molecule is NC(N)=NCc1ccc([123I])cc1. The first kappa shape index (κ1) is 9.31. The lowest BCUT2D eigenvalue weighted by atomic mass is 10.2. The van der Waals surface area contributed by atoms with Gasteiger partial charge in [0.2, 0.25) is 0 Å². The Morgan fingerprint density at radius 2 is 1.83 bits per heavy atom. The van der Waals surface area contributed by atoms with E-state index in [0.29, 0.717) is 6.54 Å². The molecular formula is C8H10IN3. The monoisotopic (exact) mass is 271 g/mol. The van der Waals surface area contributed by atoms with Gasteiger partial charge in [-0.05, 0) is 40.3 Å². The van der Waals surface area contributed by atoms with Gasteiger partial charge in [0.05, 0.1) is 6.54 Å². The van der Waals surface area contributed by atoms with E-state index >= 15 is 0 Å². The minimum atomic E-state index is 0.133. The Bertz CT molecular complexity index is 275. The molecule has 0 saturated heterocycles. The lowest BCUT2D eigenvalue weighted by molar-refractivity contribution is 1.05. The number of nitrogens with two attached hydrogens (primary N) is 2. The summed E-state index contributed by atoms with van der Waals surface area (Å²) in [5.74, 6) is 0.133. The van der Waals surface area contributed by atoms with Gasteiger partial charge >= 0.3 is 0 Å². The van der Waals surface area contributed by atoms with E-state index in [1.807, 2.05) is 24.3 Å². The van der Waals surface area contributed by atoms with E-state index < -0.39 is 0 Å². The van der Waals surface area contributed by atoms with E-state index in [2.05, 4.69) is 27.6 Å². The predicted molar refractivity (Wildman–Crippen MR) is 58.7 cm³/mol. The number of rotatable bonds is 2. The largest absolute Gasteiger partial charge is 0.370 e. The third-order valence-electron chi connectivity index (χ3n) is 1.36. The molecule has 0 atom stereocenters. The maximum absolute atomic E-state index is 5.20. The molecular weight excluding hydrogens is 261 g/mol. The van der Waals surface area contributed by atoms with Crippen molar-refractivity contribution in [2.24, 2.45) is 16.5 Å². The molecule has 0 heterocycles. The summed E-state index contributed by atoms with van der Waals surface area (Å²) in [4.78, 5) is 3.89. The summed E-state index contributed by atoms with van der Waals surface area (Å²) < 4.78 is 1.21. The average molecular weight is 271 g/mol.